The quantitative estimate of drug-likeness (QED) is 0.609. The summed E-state index contributed by atoms with van der Waals surface area (Å²) in [7, 11) is 0. The van der Waals surface area contributed by atoms with E-state index in [1.54, 1.807) is 30.6 Å². The van der Waals surface area contributed by atoms with Gasteiger partial charge in [-0.25, -0.2) is 0 Å². The summed E-state index contributed by atoms with van der Waals surface area (Å²) < 4.78 is 38.5. The average Bonchev–Trinajstić information content (AvgIpc) is 2.60. The number of pyridine rings is 1. The third-order valence-electron chi connectivity index (χ3n) is 3.20. The fourth-order valence-electron chi connectivity index (χ4n) is 1.94. The van der Waals surface area contributed by atoms with Crippen molar-refractivity contribution < 1.29 is 18.0 Å². The summed E-state index contributed by atoms with van der Waals surface area (Å²) >= 11 is 5.52. The molecule has 1 amide bonds. The van der Waals surface area contributed by atoms with Gasteiger partial charge in [0, 0.05) is 30.8 Å². The first-order valence-electron chi connectivity index (χ1n) is 7.22. The predicted molar refractivity (Wildman–Crippen MR) is 89.9 cm³/mol. The normalized spacial score (nSPS) is 11.6. The van der Waals surface area contributed by atoms with E-state index in [4.69, 9.17) is 16.9 Å². The first-order chi connectivity index (χ1) is 12.3. The third kappa shape index (κ3) is 5.22. The summed E-state index contributed by atoms with van der Waals surface area (Å²) in [5.74, 6) is -0.842. The van der Waals surface area contributed by atoms with Crippen molar-refractivity contribution in [2.24, 2.45) is 0 Å². The third-order valence-corrected chi connectivity index (χ3v) is 3.53. The number of carbonyl (C=O) groups is 1. The highest BCUT2D eigenvalue weighted by Crippen LogP contribution is 2.36. The van der Waals surface area contributed by atoms with Crippen molar-refractivity contribution in [3.63, 3.8) is 0 Å². The van der Waals surface area contributed by atoms with E-state index < -0.39 is 22.7 Å². The van der Waals surface area contributed by atoms with Crippen molar-refractivity contribution >= 4 is 23.2 Å². The number of nitriles is 1. The summed E-state index contributed by atoms with van der Waals surface area (Å²) in [6, 6.07) is 8.14. The molecular formula is C17H12ClF3N4O. The van der Waals surface area contributed by atoms with Crippen LogP contribution in [0.4, 0.5) is 18.9 Å². The Hall–Kier alpha value is -3.05. The van der Waals surface area contributed by atoms with Crippen LogP contribution in [-0.4, -0.2) is 10.9 Å². The summed E-state index contributed by atoms with van der Waals surface area (Å²) in [6.45, 7) is 0.347. The van der Waals surface area contributed by atoms with Gasteiger partial charge in [-0.15, -0.1) is 0 Å². The fourth-order valence-corrected chi connectivity index (χ4v) is 2.16. The number of rotatable bonds is 5. The number of nitrogens with one attached hydrogen (secondary N) is 2. The maximum atomic E-state index is 12.8. The van der Waals surface area contributed by atoms with Crippen molar-refractivity contribution in [1.82, 2.24) is 10.3 Å². The minimum atomic E-state index is -4.65. The zero-order valence-electron chi connectivity index (χ0n) is 13.1. The van der Waals surface area contributed by atoms with Gasteiger partial charge < -0.3 is 10.6 Å². The summed E-state index contributed by atoms with van der Waals surface area (Å²) in [4.78, 5) is 15.9. The number of nitrogens with zero attached hydrogens (tertiary/aromatic N) is 2. The highest BCUT2D eigenvalue weighted by molar-refractivity contribution is 6.31. The van der Waals surface area contributed by atoms with E-state index in [0.29, 0.717) is 12.6 Å². The molecule has 0 unspecified atom stereocenters. The largest absolute Gasteiger partial charge is 0.417 e. The molecule has 0 aliphatic heterocycles. The first kappa shape index (κ1) is 19.3. The molecule has 0 spiro atoms. The number of carbonyl (C=O) groups excluding carboxylic acids is 1. The number of anilines is 1. The number of aromatic nitrogens is 1. The summed E-state index contributed by atoms with van der Waals surface area (Å²) in [6.07, 6.45) is -0.275. The van der Waals surface area contributed by atoms with Crippen LogP contribution in [0.1, 0.15) is 11.1 Å². The second kappa shape index (κ2) is 8.36. The SMILES string of the molecule is N#C/C(=C/NCc1ccncc1)C(=O)Nc1ccc(Cl)c(C(F)(F)F)c1. The van der Waals surface area contributed by atoms with Crippen LogP contribution in [-0.2, 0) is 17.5 Å². The maximum absolute atomic E-state index is 12.8. The zero-order chi connectivity index (χ0) is 19.2. The molecule has 1 aromatic carbocycles. The topological polar surface area (TPSA) is 77.8 Å². The Morgan fingerprint density at radius 2 is 1.96 bits per heavy atom. The molecule has 0 bridgehead atoms. The molecule has 0 fully saturated rings. The van der Waals surface area contributed by atoms with Crippen LogP contribution >= 0.6 is 11.6 Å². The lowest BCUT2D eigenvalue weighted by molar-refractivity contribution is -0.137. The summed E-state index contributed by atoms with van der Waals surface area (Å²) in [5, 5.41) is 13.6. The lowest BCUT2D eigenvalue weighted by Crippen LogP contribution is -2.17. The van der Waals surface area contributed by atoms with Crippen LogP contribution in [0.2, 0.25) is 5.02 Å². The molecular weight excluding hydrogens is 369 g/mol. The van der Waals surface area contributed by atoms with Crippen LogP contribution in [0.15, 0.2) is 54.5 Å². The Labute approximate surface area is 152 Å². The fraction of sp³-hybridized carbons (Fsp3) is 0.118. The first-order valence-corrected chi connectivity index (χ1v) is 7.59. The smallest absolute Gasteiger partial charge is 0.386 e. The van der Waals surface area contributed by atoms with E-state index in [2.05, 4.69) is 15.6 Å². The second-order valence-electron chi connectivity index (χ2n) is 5.05. The number of benzene rings is 1. The standard InChI is InChI=1S/C17H12ClF3N4O/c18-15-2-1-13(7-14(15)17(19,20)21)25-16(26)12(8-22)10-24-9-11-3-5-23-6-4-11/h1-7,10,24H,9H2,(H,25,26)/b12-10-. The van der Waals surface area contributed by atoms with Gasteiger partial charge in [-0.3, -0.25) is 9.78 Å². The van der Waals surface area contributed by atoms with Crippen LogP contribution in [0.3, 0.4) is 0 Å². The van der Waals surface area contributed by atoms with E-state index in [9.17, 15) is 18.0 Å². The highest BCUT2D eigenvalue weighted by atomic mass is 35.5. The van der Waals surface area contributed by atoms with Crippen LogP contribution in [0, 0.1) is 11.3 Å². The molecule has 0 atom stereocenters. The van der Waals surface area contributed by atoms with Gasteiger partial charge in [0.25, 0.3) is 5.91 Å². The number of halogens is 4. The van der Waals surface area contributed by atoms with Crippen LogP contribution in [0.5, 0.6) is 0 Å². The Bertz CT molecular complexity index is 861. The zero-order valence-corrected chi connectivity index (χ0v) is 13.9. The van der Waals surface area contributed by atoms with Gasteiger partial charge in [0.15, 0.2) is 0 Å². The molecule has 134 valence electrons. The molecule has 0 saturated carbocycles. The molecule has 1 heterocycles. The Balaban J connectivity index is 2.07. The van der Waals surface area contributed by atoms with E-state index in [1.165, 1.54) is 12.3 Å². The maximum Gasteiger partial charge on any atom is 0.417 e. The monoisotopic (exact) mass is 380 g/mol. The van der Waals surface area contributed by atoms with Crippen molar-refractivity contribution in [2.75, 3.05) is 5.32 Å². The molecule has 9 heteroatoms. The Kier molecular flexibility index (Phi) is 6.20. The molecule has 5 nitrogen and oxygen atoms in total. The van der Waals surface area contributed by atoms with Gasteiger partial charge in [0.1, 0.15) is 11.6 Å². The van der Waals surface area contributed by atoms with Gasteiger partial charge in [-0.1, -0.05) is 11.6 Å². The summed E-state index contributed by atoms with van der Waals surface area (Å²) in [5.41, 5.74) is -0.610. The van der Waals surface area contributed by atoms with Gasteiger partial charge in [-0.2, -0.15) is 18.4 Å². The Morgan fingerprint density at radius 3 is 2.58 bits per heavy atom. The van der Waals surface area contributed by atoms with Crippen molar-refractivity contribution in [3.8, 4) is 6.07 Å². The molecule has 2 aromatic rings. The minimum Gasteiger partial charge on any atom is -0.386 e. The van der Waals surface area contributed by atoms with Gasteiger partial charge in [-0.05, 0) is 35.9 Å². The molecule has 2 rings (SSSR count). The van der Waals surface area contributed by atoms with E-state index in [0.717, 1.165) is 11.6 Å². The van der Waals surface area contributed by atoms with E-state index in [-0.39, 0.29) is 11.3 Å². The highest BCUT2D eigenvalue weighted by Gasteiger charge is 2.33. The van der Waals surface area contributed by atoms with Crippen molar-refractivity contribution in [3.05, 3.63) is 70.6 Å². The van der Waals surface area contributed by atoms with Crippen LogP contribution in [0.25, 0.3) is 0 Å². The molecule has 0 radical (unpaired) electrons. The van der Waals surface area contributed by atoms with Crippen molar-refractivity contribution in [2.45, 2.75) is 12.7 Å². The number of hydrogen-bond acceptors (Lipinski definition) is 4. The second-order valence-corrected chi connectivity index (χ2v) is 5.46. The molecule has 0 aliphatic rings. The van der Waals surface area contributed by atoms with Crippen LogP contribution < -0.4 is 10.6 Å². The lowest BCUT2D eigenvalue weighted by atomic mass is 10.2. The lowest BCUT2D eigenvalue weighted by Gasteiger charge is -2.11. The predicted octanol–water partition coefficient (Wildman–Crippen LogP) is 3.89. The number of alkyl halides is 3. The van der Waals surface area contributed by atoms with Crippen molar-refractivity contribution in [1.29, 1.82) is 5.26 Å². The molecule has 26 heavy (non-hydrogen) atoms. The average molecular weight is 381 g/mol. The number of amides is 1. The van der Waals surface area contributed by atoms with Gasteiger partial charge in [0.05, 0.1) is 10.6 Å². The van der Waals surface area contributed by atoms with E-state index in [1.807, 2.05) is 0 Å². The van der Waals surface area contributed by atoms with E-state index >= 15 is 0 Å². The molecule has 1 aromatic heterocycles. The molecule has 0 saturated heterocycles. The molecule has 2 N–H and O–H groups in total. The Morgan fingerprint density at radius 1 is 1.27 bits per heavy atom. The number of hydrogen-bond donors (Lipinski definition) is 2. The molecule has 0 aliphatic carbocycles. The van der Waals surface area contributed by atoms with Gasteiger partial charge in [0.2, 0.25) is 0 Å². The minimum absolute atomic E-state index is 0.123. The van der Waals surface area contributed by atoms with Gasteiger partial charge >= 0.3 is 6.18 Å².